The minimum Gasteiger partial charge on any atom is -0.281 e. The Morgan fingerprint density at radius 3 is 3.14 bits per heavy atom. The Hall–Kier alpha value is 0.500. The van der Waals surface area contributed by atoms with E-state index in [9.17, 15) is 0 Å². The molecule has 0 aromatic carbocycles. The molecule has 0 aromatic rings. The molecule has 0 saturated carbocycles. The van der Waals surface area contributed by atoms with Gasteiger partial charge in [0.05, 0.1) is 11.6 Å². The van der Waals surface area contributed by atoms with Crippen molar-refractivity contribution in [2.45, 2.75) is 6.04 Å². The zero-order valence-corrected chi connectivity index (χ0v) is 6.20. The molecule has 0 aliphatic carbocycles. The van der Waals surface area contributed by atoms with E-state index < -0.39 is 0 Å². The van der Waals surface area contributed by atoms with Gasteiger partial charge >= 0.3 is 0 Å². The van der Waals surface area contributed by atoms with Gasteiger partial charge in [0.25, 0.3) is 0 Å². The molecular formula is C4H6BrNS. The van der Waals surface area contributed by atoms with E-state index in [1.807, 2.05) is 5.55 Å². The third-order valence-electron chi connectivity index (χ3n) is 0.813. The third kappa shape index (κ3) is 1.46. The molecule has 0 spiro atoms. The van der Waals surface area contributed by atoms with Crippen LogP contribution in [0.4, 0.5) is 0 Å². The molecule has 1 aliphatic rings. The van der Waals surface area contributed by atoms with E-state index in [4.69, 9.17) is 0 Å². The Kier molecular flexibility index (Phi) is 2.19. The second kappa shape index (κ2) is 2.72. The van der Waals surface area contributed by atoms with Crippen molar-refractivity contribution >= 4 is 33.2 Å². The number of aliphatic imine (C=N–C) groups is 1. The van der Waals surface area contributed by atoms with Crippen LogP contribution in [0.25, 0.3) is 0 Å². The Morgan fingerprint density at radius 1 is 2.00 bits per heavy atom. The van der Waals surface area contributed by atoms with Crippen molar-refractivity contribution in [2.75, 3.05) is 11.1 Å². The zero-order chi connectivity index (χ0) is 5.11. The summed E-state index contributed by atoms with van der Waals surface area (Å²) in [5.41, 5.74) is 1.92. The summed E-state index contributed by atoms with van der Waals surface area (Å²) in [7, 11) is 0. The van der Waals surface area contributed by atoms with Crippen LogP contribution in [-0.4, -0.2) is 22.7 Å². The Balaban J connectivity index is 2.28. The topological polar surface area (TPSA) is 12.4 Å². The van der Waals surface area contributed by atoms with Gasteiger partial charge in [-0.2, -0.15) is 0 Å². The summed E-state index contributed by atoms with van der Waals surface area (Å²) in [6, 6.07) is 0.546. The first-order valence-corrected chi connectivity index (χ1v) is 4.29. The molecule has 1 heterocycles. The predicted octanol–water partition coefficient (Wildman–Crippen LogP) is 1.52. The van der Waals surface area contributed by atoms with Crippen LogP contribution in [0.2, 0.25) is 0 Å². The van der Waals surface area contributed by atoms with E-state index in [2.05, 4.69) is 20.9 Å². The molecule has 1 atom stereocenters. The lowest BCUT2D eigenvalue weighted by Crippen LogP contribution is -2.03. The Morgan fingerprint density at radius 2 is 2.86 bits per heavy atom. The van der Waals surface area contributed by atoms with Gasteiger partial charge in [-0.25, -0.2) is 0 Å². The highest BCUT2D eigenvalue weighted by molar-refractivity contribution is 9.09. The molecule has 0 amide bonds. The van der Waals surface area contributed by atoms with E-state index >= 15 is 0 Å². The predicted molar refractivity (Wildman–Crippen MR) is 38.5 cm³/mol. The number of hydrogen-bond acceptors (Lipinski definition) is 2. The Labute approximate surface area is 55.7 Å². The second-order valence-corrected chi connectivity index (χ2v) is 2.92. The normalized spacial score (nSPS) is 29.0. The van der Waals surface area contributed by atoms with Crippen LogP contribution in [-0.2, 0) is 0 Å². The maximum Gasteiger partial charge on any atom is 0.0696 e. The lowest BCUT2D eigenvalue weighted by molar-refractivity contribution is 0.888. The van der Waals surface area contributed by atoms with Crippen LogP contribution >= 0.6 is 27.7 Å². The van der Waals surface area contributed by atoms with Crippen molar-refractivity contribution in [3.05, 3.63) is 0 Å². The van der Waals surface area contributed by atoms with E-state index in [0.29, 0.717) is 6.04 Å². The van der Waals surface area contributed by atoms with Gasteiger partial charge < -0.3 is 0 Å². The fraction of sp³-hybridized carbons (Fsp3) is 0.750. The molecule has 1 rings (SSSR count). The molecule has 1 unspecified atom stereocenters. The molecule has 0 fully saturated rings. The summed E-state index contributed by atoms with van der Waals surface area (Å²) >= 11 is 5.13. The van der Waals surface area contributed by atoms with Crippen LogP contribution in [0.1, 0.15) is 0 Å². The highest BCUT2D eigenvalue weighted by Crippen LogP contribution is 2.12. The van der Waals surface area contributed by atoms with Crippen molar-refractivity contribution < 1.29 is 0 Å². The van der Waals surface area contributed by atoms with Crippen molar-refractivity contribution in [3.63, 3.8) is 0 Å². The summed E-state index contributed by atoms with van der Waals surface area (Å²) in [6.07, 6.45) is 0. The first-order valence-electron chi connectivity index (χ1n) is 2.12. The van der Waals surface area contributed by atoms with Crippen LogP contribution in [0.5, 0.6) is 0 Å². The van der Waals surface area contributed by atoms with Gasteiger partial charge in [-0.1, -0.05) is 15.9 Å². The number of hydrogen-bond donors (Lipinski definition) is 0. The summed E-state index contributed by atoms with van der Waals surface area (Å²) in [4.78, 5) is 4.15. The van der Waals surface area contributed by atoms with E-state index in [-0.39, 0.29) is 0 Å². The lowest BCUT2D eigenvalue weighted by Gasteiger charge is -1.94. The van der Waals surface area contributed by atoms with Crippen molar-refractivity contribution in [2.24, 2.45) is 4.99 Å². The number of alkyl halides is 1. The van der Waals surface area contributed by atoms with E-state index in [0.717, 1.165) is 11.1 Å². The molecule has 0 aromatic heterocycles. The largest absolute Gasteiger partial charge is 0.281 e. The molecule has 1 nitrogen and oxygen atoms in total. The van der Waals surface area contributed by atoms with Crippen molar-refractivity contribution in [3.8, 4) is 0 Å². The molecular weight excluding hydrogens is 174 g/mol. The number of thioether (sulfide) groups is 1. The van der Waals surface area contributed by atoms with Gasteiger partial charge in [-0.15, -0.1) is 11.8 Å². The molecule has 1 aliphatic heterocycles. The Bertz CT molecular complexity index is 83.8. The second-order valence-electron chi connectivity index (χ2n) is 1.40. The molecule has 40 valence electrons. The monoisotopic (exact) mass is 179 g/mol. The van der Waals surface area contributed by atoms with Gasteiger partial charge in [0.2, 0.25) is 0 Å². The molecule has 0 N–H and O–H groups in total. The standard InChI is InChI=1S/C4H6BrNS/c5-1-4-2-7-3-6-4/h3-4H,1-2H2. The van der Waals surface area contributed by atoms with Crippen LogP contribution in [0.3, 0.4) is 0 Å². The molecule has 3 heteroatoms. The molecule has 0 saturated heterocycles. The van der Waals surface area contributed by atoms with Crippen LogP contribution in [0.15, 0.2) is 4.99 Å². The van der Waals surface area contributed by atoms with Gasteiger partial charge in [0, 0.05) is 11.1 Å². The first-order chi connectivity index (χ1) is 3.43. The molecule has 0 bridgehead atoms. The maximum atomic E-state index is 4.15. The summed E-state index contributed by atoms with van der Waals surface area (Å²) in [5.74, 6) is 1.16. The fourth-order valence-corrected chi connectivity index (χ4v) is 1.88. The molecule has 0 radical (unpaired) electrons. The maximum absolute atomic E-state index is 4.15. The highest BCUT2D eigenvalue weighted by atomic mass is 79.9. The minimum atomic E-state index is 0.546. The smallest absolute Gasteiger partial charge is 0.0696 e. The minimum absolute atomic E-state index is 0.546. The lowest BCUT2D eigenvalue weighted by atomic mass is 10.4. The number of rotatable bonds is 1. The van der Waals surface area contributed by atoms with Gasteiger partial charge in [0.1, 0.15) is 0 Å². The quantitative estimate of drug-likeness (QED) is 0.557. The van der Waals surface area contributed by atoms with Crippen molar-refractivity contribution in [1.29, 1.82) is 0 Å². The summed E-state index contributed by atoms with van der Waals surface area (Å²) in [5, 5.41) is 1.01. The van der Waals surface area contributed by atoms with Gasteiger partial charge in [-0.3, -0.25) is 4.99 Å². The van der Waals surface area contributed by atoms with E-state index in [1.165, 1.54) is 0 Å². The molecule has 7 heavy (non-hydrogen) atoms. The summed E-state index contributed by atoms with van der Waals surface area (Å²) in [6.45, 7) is 0. The third-order valence-corrected chi connectivity index (χ3v) is 2.41. The van der Waals surface area contributed by atoms with Gasteiger partial charge in [-0.05, 0) is 0 Å². The summed E-state index contributed by atoms with van der Waals surface area (Å²) < 4.78 is 0. The zero-order valence-electron chi connectivity index (χ0n) is 3.80. The average molecular weight is 180 g/mol. The highest BCUT2D eigenvalue weighted by Gasteiger charge is 2.06. The number of halogens is 1. The van der Waals surface area contributed by atoms with E-state index in [1.54, 1.807) is 11.8 Å². The van der Waals surface area contributed by atoms with Gasteiger partial charge in [0.15, 0.2) is 0 Å². The fourth-order valence-electron chi connectivity index (χ4n) is 0.411. The SMILES string of the molecule is BrCC1CSC=N1. The number of nitrogens with zero attached hydrogens (tertiary/aromatic N) is 1. The van der Waals surface area contributed by atoms with Crippen molar-refractivity contribution in [1.82, 2.24) is 0 Å². The van der Waals surface area contributed by atoms with Crippen LogP contribution < -0.4 is 0 Å². The first kappa shape index (κ1) is 5.63. The average Bonchev–Trinajstić information content (AvgIpc) is 2.14. The van der Waals surface area contributed by atoms with Crippen LogP contribution in [0, 0.1) is 0 Å².